The minimum Gasteiger partial charge on any atom is -0.379 e. The fourth-order valence-corrected chi connectivity index (χ4v) is 4.90. The first-order valence-corrected chi connectivity index (χ1v) is 12.1. The van der Waals surface area contributed by atoms with E-state index in [-0.39, 0.29) is 10.8 Å². The highest BCUT2D eigenvalue weighted by molar-refractivity contribution is 7.93. The van der Waals surface area contributed by atoms with Gasteiger partial charge in [-0.1, -0.05) is 0 Å². The Hall–Kier alpha value is -3.63. The summed E-state index contributed by atoms with van der Waals surface area (Å²) in [5.74, 6) is -0.110. The number of sulfonamides is 1. The van der Waals surface area contributed by atoms with Gasteiger partial charge in [0.05, 0.1) is 11.4 Å². The summed E-state index contributed by atoms with van der Waals surface area (Å²) in [6.45, 7) is 2.04. The lowest BCUT2D eigenvalue weighted by molar-refractivity contribution is -0.114. The molecule has 0 radical (unpaired) electrons. The van der Waals surface area contributed by atoms with Gasteiger partial charge in [0.1, 0.15) is 0 Å². The quantitative estimate of drug-likeness (QED) is 0.358. The molecule has 0 aliphatic rings. The standard InChI is InChI=1S/C22H21N5O3S2/c1-16(28)25-18-6-4-17(5-7-18)24-15-20-3-2-13-27(20)19-8-10-21(11-9-19)32(29,30)26-22-23-12-14-31-22/h2-14,24H,15H2,1H3,(H,23,26)(H,25,28). The molecule has 164 valence electrons. The van der Waals surface area contributed by atoms with E-state index >= 15 is 0 Å². The fraction of sp³-hybridized carbons (Fsp3) is 0.0909. The number of hydrogen-bond donors (Lipinski definition) is 3. The molecule has 2 aromatic carbocycles. The average Bonchev–Trinajstić information content (AvgIpc) is 3.44. The summed E-state index contributed by atoms with van der Waals surface area (Å²) in [4.78, 5) is 15.3. The van der Waals surface area contributed by atoms with Gasteiger partial charge in [-0.25, -0.2) is 13.4 Å². The molecule has 0 saturated carbocycles. The van der Waals surface area contributed by atoms with Crippen LogP contribution in [-0.2, 0) is 21.4 Å². The maximum absolute atomic E-state index is 12.5. The van der Waals surface area contributed by atoms with Gasteiger partial charge in [-0.2, -0.15) is 0 Å². The van der Waals surface area contributed by atoms with Crippen molar-refractivity contribution in [1.29, 1.82) is 0 Å². The Morgan fingerprint density at radius 2 is 1.75 bits per heavy atom. The highest BCUT2D eigenvalue weighted by Crippen LogP contribution is 2.21. The Kier molecular flexibility index (Phi) is 6.24. The summed E-state index contributed by atoms with van der Waals surface area (Å²) in [5.41, 5.74) is 3.51. The van der Waals surface area contributed by atoms with Gasteiger partial charge in [0.2, 0.25) is 5.91 Å². The first-order chi connectivity index (χ1) is 15.4. The van der Waals surface area contributed by atoms with Crippen molar-refractivity contribution in [3.8, 4) is 5.69 Å². The van der Waals surface area contributed by atoms with Crippen LogP contribution in [0.1, 0.15) is 12.6 Å². The van der Waals surface area contributed by atoms with Crippen molar-refractivity contribution in [3.05, 3.63) is 84.1 Å². The van der Waals surface area contributed by atoms with Crippen LogP contribution < -0.4 is 15.4 Å². The van der Waals surface area contributed by atoms with Crippen LogP contribution in [0.25, 0.3) is 5.69 Å². The molecule has 32 heavy (non-hydrogen) atoms. The van der Waals surface area contributed by atoms with E-state index in [2.05, 4.69) is 20.3 Å². The molecule has 4 rings (SSSR count). The maximum atomic E-state index is 12.5. The molecule has 10 heteroatoms. The van der Waals surface area contributed by atoms with Crippen LogP contribution in [0, 0.1) is 0 Å². The molecular weight excluding hydrogens is 446 g/mol. The third-order valence-corrected chi connectivity index (χ3v) is 6.76. The largest absolute Gasteiger partial charge is 0.379 e. The lowest BCUT2D eigenvalue weighted by atomic mass is 10.2. The minimum atomic E-state index is -3.69. The summed E-state index contributed by atoms with van der Waals surface area (Å²) in [7, 11) is -3.69. The number of benzene rings is 2. The van der Waals surface area contributed by atoms with Crippen molar-refractivity contribution in [2.75, 3.05) is 15.4 Å². The normalized spacial score (nSPS) is 11.2. The van der Waals surface area contributed by atoms with E-state index in [1.54, 1.807) is 35.8 Å². The summed E-state index contributed by atoms with van der Waals surface area (Å²) in [6, 6.07) is 18.1. The van der Waals surface area contributed by atoms with E-state index < -0.39 is 10.0 Å². The molecule has 0 saturated heterocycles. The first kappa shape index (κ1) is 21.6. The number of carbonyl (C=O) groups is 1. The molecule has 0 aliphatic heterocycles. The van der Waals surface area contributed by atoms with E-state index in [0.717, 1.165) is 22.8 Å². The molecule has 0 spiro atoms. The third kappa shape index (κ3) is 5.16. The predicted octanol–water partition coefficient (Wildman–Crippen LogP) is 4.31. The van der Waals surface area contributed by atoms with Gasteiger partial charge in [0.25, 0.3) is 10.0 Å². The van der Waals surface area contributed by atoms with Crippen LogP contribution in [-0.4, -0.2) is 23.9 Å². The van der Waals surface area contributed by atoms with Gasteiger partial charge >= 0.3 is 0 Å². The zero-order chi connectivity index (χ0) is 22.6. The highest BCUT2D eigenvalue weighted by atomic mass is 32.2. The van der Waals surface area contributed by atoms with Crippen molar-refractivity contribution in [3.63, 3.8) is 0 Å². The third-order valence-electron chi connectivity index (χ3n) is 4.59. The molecule has 8 nitrogen and oxygen atoms in total. The van der Waals surface area contributed by atoms with Gasteiger partial charge in [-0.15, -0.1) is 11.3 Å². The molecule has 0 atom stereocenters. The number of aromatic nitrogens is 2. The van der Waals surface area contributed by atoms with E-state index in [4.69, 9.17) is 0 Å². The Bertz CT molecular complexity index is 1300. The van der Waals surface area contributed by atoms with E-state index in [9.17, 15) is 13.2 Å². The van der Waals surface area contributed by atoms with Crippen molar-refractivity contribution in [2.45, 2.75) is 18.4 Å². The summed E-state index contributed by atoms with van der Waals surface area (Å²) in [6.07, 6.45) is 3.47. The Morgan fingerprint density at radius 1 is 1.03 bits per heavy atom. The lowest BCUT2D eigenvalue weighted by Crippen LogP contribution is -2.13. The van der Waals surface area contributed by atoms with Gasteiger partial charge in [0.15, 0.2) is 5.13 Å². The van der Waals surface area contributed by atoms with Gasteiger partial charge < -0.3 is 15.2 Å². The van der Waals surface area contributed by atoms with Crippen LogP contribution in [0.3, 0.4) is 0 Å². The smallest absolute Gasteiger partial charge is 0.263 e. The molecular formula is C22H21N5O3S2. The first-order valence-electron chi connectivity index (χ1n) is 9.71. The topological polar surface area (TPSA) is 105 Å². The van der Waals surface area contributed by atoms with Gasteiger partial charge in [-0.3, -0.25) is 9.52 Å². The predicted molar refractivity (Wildman–Crippen MR) is 127 cm³/mol. The number of nitrogens with one attached hydrogen (secondary N) is 3. The van der Waals surface area contributed by atoms with Crippen LogP contribution in [0.4, 0.5) is 16.5 Å². The zero-order valence-corrected chi connectivity index (χ0v) is 18.8. The second-order valence-corrected chi connectivity index (χ2v) is 9.50. The van der Waals surface area contributed by atoms with Gasteiger partial charge in [-0.05, 0) is 60.7 Å². The lowest BCUT2D eigenvalue weighted by Gasteiger charge is -2.12. The average molecular weight is 468 g/mol. The van der Waals surface area contributed by atoms with Crippen molar-refractivity contribution < 1.29 is 13.2 Å². The van der Waals surface area contributed by atoms with Crippen molar-refractivity contribution >= 4 is 43.8 Å². The number of hydrogen-bond acceptors (Lipinski definition) is 6. The Labute approximate surface area is 190 Å². The molecule has 1 amide bonds. The van der Waals surface area contributed by atoms with Crippen molar-refractivity contribution in [1.82, 2.24) is 9.55 Å². The molecule has 3 N–H and O–H groups in total. The number of rotatable bonds is 8. The van der Waals surface area contributed by atoms with Crippen LogP contribution in [0.2, 0.25) is 0 Å². The monoisotopic (exact) mass is 467 g/mol. The molecule has 0 fully saturated rings. The molecule has 0 bridgehead atoms. The Morgan fingerprint density at radius 3 is 2.41 bits per heavy atom. The van der Waals surface area contributed by atoms with E-state index in [0.29, 0.717) is 11.7 Å². The number of nitrogens with zero attached hydrogens (tertiary/aromatic N) is 2. The van der Waals surface area contributed by atoms with E-state index in [1.165, 1.54) is 18.3 Å². The minimum absolute atomic E-state index is 0.110. The Balaban J connectivity index is 1.44. The molecule has 0 aliphatic carbocycles. The van der Waals surface area contributed by atoms with Crippen LogP contribution in [0.5, 0.6) is 0 Å². The second kappa shape index (κ2) is 9.25. The SMILES string of the molecule is CC(=O)Nc1ccc(NCc2cccn2-c2ccc(S(=O)(=O)Nc3nccs3)cc2)cc1. The molecule has 2 aromatic heterocycles. The number of anilines is 3. The van der Waals surface area contributed by atoms with Crippen molar-refractivity contribution in [2.24, 2.45) is 0 Å². The summed E-state index contributed by atoms with van der Waals surface area (Å²) >= 11 is 1.22. The molecule has 4 aromatic rings. The highest BCUT2D eigenvalue weighted by Gasteiger charge is 2.15. The molecule has 0 unspecified atom stereocenters. The van der Waals surface area contributed by atoms with E-state index in [1.807, 2.05) is 47.2 Å². The summed E-state index contributed by atoms with van der Waals surface area (Å²) < 4.78 is 29.5. The van der Waals surface area contributed by atoms with Crippen LogP contribution >= 0.6 is 11.3 Å². The number of amides is 1. The van der Waals surface area contributed by atoms with Crippen LogP contribution in [0.15, 0.2) is 83.3 Å². The number of carbonyl (C=O) groups excluding carboxylic acids is 1. The summed E-state index contributed by atoms with van der Waals surface area (Å²) in [5, 5.41) is 8.13. The molecule has 2 heterocycles. The zero-order valence-electron chi connectivity index (χ0n) is 17.1. The fourth-order valence-electron chi connectivity index (χ4n) is 3.11. The number of thiazole rings is 1. The maximum Gasteiger partial charge on any atom is 0.263 e. The second-order valence-electron chi connectivity index (χ2n) is 6.92. The van der Waals surface area contributed by atoms with Gasteiger partial charge in [0, 0.05) is 47.5 Å².